The molecule has 0 radical (unpaired) electrons. The van der Waals surface area contributed by atoms with Crippen molar-refractivity contribution in [2.75, 3.05) is 0 Å². The van der Waals surface area contributed by atoms with Crippen molar-refractivity contribution in [1.29, 1.82) is 0 Å². The molecular formula is C12H17NO4S. The number of aryl methyl sites for hydroxylation is 1. The van der Waals surface area contributed by atoms with Crippen LogP contribution in [0.1, 0.15) is 19.4 Å². The van der Waals surface area contributed by atoms with E-state index in [1.54, 1.807) is 26.0 Å². The molecular weight excluding hydrogens is 254 g/mol. The van der Waals surface area contributed by atoms with Crippen molar-refractivity contribution in [2.45, 2.75) is 31.7 Å². The van der Waals surface area contributed by atoms with Gasteiger partial charge in [-0.3, -0.25) is 0 Å². The minimum absolute atomic E-state index is 0.0580. The van der Waals surface area contributed by atoms with E-state index in [1.807, 2.05) is 6.92 Å². The fourth-order valence-electron chi connectivity index (χ4n) is 1.19. The van der Waals surface area contributed by atoms with Gasteiger partial charge in [-0.1, -0.05) is 31.5 Å². The summed E-state index contributed by atoms with van der Waals surface area (Å²) in [5.74, 6) is -1.13. The Bertz CT molecular complexity index is 520. The van der Waals surface area contributed by atoms with Crippen molar-refractivity contribution < 1.29 is 17.4 Å². The molecule has 1 aromatic rings. The van der Waals surface area contributed by atoms with Crippen LogP contribution in [-0.4, -0.2) is 20.4 Å². The summed E-state index contributed by atoms with van der Waals surface area (Å²) in [7, 11) is -4.08. The SMILES string of the molecule is Cc1ccc(S(=O)(=O)OC(=O)[C@@H](N)C(C)C)cc1. The van der Waals surface area contributed by atoms with Crippen molar-refractivity contribution >= 4 is 16.1 Å². The average molecular weight is 271 g/mol. The minimum atomic E-state index is -4.08. The molecule has 0 aliphatic carbocycles. The summed E-state index contributed by atoms with van der Waals surface area (Å²) in [5, 5.41) is 0. The zero-order chi connectivity index (χ0) is 13.9. The number of carbonyl (C=O) groups is 1. The number of carbonyl (C=O) groups excluding carboxylic acids is 1. The minimum Gasteiger partial charge on any atom is -0.341 e. The van der Waals surface area contributed by atoms with Gasteiger partial charge in [0.25, 0.3) is 0 Å². The maximum atomic E-state index is 11.8. The summed E-state index contributed by atoms with van der Waals surface area (Å²) in [6, 6.07) is 5.08. The van der Waals surface area contributed by atoms with Crippen molar-refractivity contribution in [3.05, 3.63) is 29.8 Å². The maximum absolute atomic E-state index is 11.8. The van der Waals surface area contributed by atoms with Gasteiger partial charge in [-0.25, -0.2) is 4.79 Å². The standard InChI is InChI=1S/C12H17NO4S/c1-8(2)11(13)12(14)17-18(15,16)10-6-4-9(3)5-7-10/h4-8,11H,13H2,1-3H3/t11-/m0/s1. The molecule has 0 amide bonds. The monoisotopic (exact) mass is 271 g/mol. The second-order valence-electron chi connectivity index (χ2n) is 4.44. The normalized spacial score (nSPS) is 13.4. The Morgan fingerprint density at radius 2 is 1.72 bits per heavy atom. The molecule has 5 nitrogen and oxygen atoms in total. The van der Waals surface area contributed by atoms with Gasteiger partial charge in [-0.15, -0.1) is 0 Å². The number of benzene rings is 1. The van der Waals surface area contributed by atoms with E-state index in [-0.39, 0.29) is 10.8 Å². The van der Waals surface area contributed by atoms with Crippen LogP contribution < -0.4 is 5.73 Å². The highest BCUT2D eigenvalue weighted by atomic mass is 32.2. The molecule has 0 unspecified atom stereocenters. The Morgan fingerprint density at radius 1 is 1.22 bits per heavy atom. The molecule has 2 N–H and O–H groups in total. The summed E-state index contributed by atoms with van der Waals surface area (Å²) in [6.07, 6.45) is 0. The highest BCUT2D eigenvalue weighted by Crippen LogP contribution is 2.14. The van der Waals surface area contributed by atoms with Crippen molar-refractivity contribution in [2.24, 2.45) is 11.7 Å². The Morgan fingerprint density at radius 3 is 2.17 bits per heavy atom. The largest absolute Gasteiger partial charge is 0.341 e. The summed E-state index contributed by atoms with van der Waals surface area (Å²) in [4.78, 5) is 11.5. The second kappa shape index (κ2) is 5.49. The molecule has 1 rings (SSSR count). The molecule has 0 spiro atoms. The van der Waals surface area contributed by atoms with Crippen LogP contribution in [0.5, 0.6) is 0 Å². The summed E-state index contributed by atoms with van der Waals surface area (Å²) >= 11 is 0. The van der Waals surface area contributed by atoms with Gasteiger partial charge in [-0.2, -0.15) is 8.42 Å². The fraction of sp³-hybridized carbons (Fsp3) is 0.417. The van der Waals surface area contributed by atoms with Gasteiger partial charge in [-0.05, 0) is 25.0 Å². The van der Waals surface area contributed by atoms with E-state index in [2.05, 4.69) is 4.18 Å². The van der Waals surface area contributed by atoms with Gasteiger partial charge in [0.1, 0.15) is 10.9 Å². The molecule has 0 heterocycles. The first-order chi connectivity index (χ1) is 8.24. The van der Waals surface area contributed by atoms with Crippen LogP contribution in [0.15, 0.2) is 29.2 Å². The van der Waals surface area contributed by atoms with Gasteiger partial charge >= 0.3 is 16.1 Å². The van der Waals surface area contributed by atoms with Crippen LogP contribution in [-0.2, 0) is 19.1 Å². The molecule has 0 aliphatic rings. The zero-order valence-electron chi connectivity index (χ0n) is 10.6. The Balaban J connectivity index is 2.89. The van der Waals surface area contributed by atoms with Gasteiger partial charge in [0.15, 0.2) is 0 Å². The van der Waals surface area contributed by atoms with Gasteiger partial charge in [0.05, 0.1) is 0 Å². The predicted molar refractivity (Wildman–Crippen MR) is 67.3 cm³/mol. The van der Waals surface area contributed by atoms with E-state index in [9.17, 15) is 13.2 Å². The first kappa shape index (κ1) is 14.7. The molecule has 0 fully saturated rings. The van der Waals surface area contributed by atoms with E-state index >= 15 is 0 Å². The summed E-state index contributed by atoms with van der Waals surface area (Å²) < 4.78 is 28.1. The molecule has 18 heavy (non-hydrogen) atoms. The third-order valence-corrected chi connectivity index (χ3v) is 3.73. The lowest BCUT2D eigenvalue weighted by Gasteiger charge is -2.14. The topological polar surface area (TPSA) is 86.5 Å². The molecule has 0 saturated carbocycles. The van der Waals surface area contributed by atoms with Crippen molar-refractivity contribution in [3.8, 4) is 0 Å². The van der Waals surface area contributed by atoms with Crippen LogP contribution in [0.2, 0.25) is 0 Å². The first-order valence-electron chi connectivity index (χ1n) is 5.54. The van der Waals surface area contributed by atoms with Gasteiger partial charge in [0.2, 0.25) is 0 Å². The lowest BCUT2D eigenvalue weighted by molar-refractivity contribution is -0.136. The Kier molecular flexibility index (Phi) is 4.48. The van der Waals surface area contributed by atoms with Crippen LogP contribution in [0.4, 0.5) is 0 Å². The van der Waals surface area contributed by atoms with E-state index < -0.39 is 22.1 Å². The predicted octanol–water partition coefficient (Wildman–Crippen LogP) is 1.21. The number of hydrogen-bond donors (Lipinski definition) is 1. The second-order valence-corrected chi connectivity index (χ2v) is 5.99. The summed E-state index contributed by atoms with van der Waals surface area (Å²) in [5.41, 5.74) is 6.45. The van der Waals surface area contributed by atoms with Crippen LogP contribution >= 0.6 is 0 Å². The molecule has 0 aromatic heterocycles. The van der Waals surface area contributed by atoms with Crippen molar-refractivity contribution in [1.82, 2.24) is 0 Å². The molecule has 0 saturated heterocycles. The highest BCUT2D eigenvalue weighted by Gasteiger charge is 2.26. The van der Waals surface area contributed by atoms with Crippen LogP contribution in [0.25, 0.3) is 0 Å². The molecule has 6 heteroatoms. The van der Waals surface area contributed by atoms with Gasteiger partial charge < -0.3 is 9.92 Å². The molecule has 1 atom stereocenters. The Labute approximate surface area is 107 Å². The molecule has 0 aliphatic heterocycles. The summed E-state index contributed by atoms with van der Waals surface area (Å²) in [6.45, 7) is 5.26. The third-order valence-electron chi connectivity index (χ3n) is 2.49. The van der Waals surface area contributed by atoms with E-state index in [1.165, 1.54) is 12.1 Å². The van der Waals surface area contributed by atoms with Crippen LogP contribution in [0.3, 0.4) is 0 Å². The number of rotatable bonds is 4. The third kappa shape index (κ3) is 3.54. The number of nitrogens with two attached hydrogens (primary N) is 1. The van der Waals surface area contributed by atoms with Crippen LogP contribution in [0, 0.1) is 12.8 Å². The molecule has 100 valence electrons. The van der Waals surface area contributed by atoms with Crippen molar-refractivity contribution in [3.63, 3.8) is 0 Å². The van der Waals surface area contributed by atoms with E-state index in [0.717, 1.165) is 5.56 Å². The fourth-order valence-corrected chi connectivity index (χ4v) is 2.08. The highest BCUT2D eigenvalue weighted by molar-refractivity contribution is 7.87. The average Bonchev–Trinajstić information content (AvgIpc) is 2.27. The van der Waals surface area contributed by atoms with Gasteiger partial charge in [0, 0.05) is 0 Å². The lowest BCUT2D eigenvalue weighted by atomic mass is 10.1. The van der Waals surface area contributed by atoms with E-state index in [4.69, 9.17) is 5.73 Å². The Hall–Kier alpha value is -1.40. The number of hydrogen-bond acceptors (Lipinski definition) is 5. The molecule has 1 aromatic carbocycles. The quantitative estimate of drug-likeness (QED) is 0.832. The lowest BCUT2D eigenvalue weighted by Crippen LogP contribution is -2.38. The van der Waals surface area contributed by atoms with E-state index in [0.29, 0.717) is 0 Å². The maximum Gasteiger partial charge on any atom is 0.341 e. The first-order valence-corrected chi connectivity index (χ1v) is 6.95. The molecule has 0 bridgehead atoms. The smallest absolute Gasteiger partial charge is 0.341 e. The zero-order valence-corrected chi connectivity index (χ0v) is 11.4.